The van der Waals surface area contributed by atoms with Crippen LogP contribution in [0.15, 0.2) is 30.3 Å². The first-order chi connectivity index (χ1) is 9.15. The molecule has 0 aliphatic heterocycles. The molecule has 0 aliphatic carbocycles. The van der Waals surface area contributed by atoms with Gasteiger partial charge in [0.15, 0.2) is 0 Å². The van der Waals surface area contributed by atoms with Crippen LogP contribution >= 0.6 is 0 Å². The van der Waals surface area contributed by atoms with Crippen LogP contribution in [0.4, 0.5) is 13.2 Å². The minimum atomic E-state index is -5.11. The third-order valence-electron chi connectivity index (χ3n) is 2.88. The maximum Gasteiger partial charge on any atom is 0.471 e. The molecule has 1 amide bonds. The van der Waals surface area contributed by atoms with E-state index in [4.69, 9.17) is 5.11 Å². The molecule has 0 aromatic heterocycles. The molecular weight excluding hydrogens is 275 g/mol. The quantitative estimate of drug-likeness (QED) is 0.872. The average Bonchev–Trinajstić information content (AvgIpc) is 2.36. The number of carboxylic acids is 1. The largest absolute Gasteiger partial charge is 0.480 e. The van der Waals surface area contributed by atoms with E-state index in [9.17, 15) is 22.8 Å². The second-order valence-electron chi connectivity index (χ2n) is 4.57. The first kappa shape index (κ1) is 16.0. The van der Waals surface area contributed by atoms with E-state index in [-0.39, 0.29) is 12.8 Å². The second kappa shape index (κ2) is 5.94. The molecule has 0 saturated carbocycles. The average molecular weight is 289 g/mol. The predicted octanol–water partition coefficient (Wildman–Crippen LogP) is 2.14. The molecule has 1 aromatic carbocycles. The number of amides is 1. The van der Waals surface area contributed by atoms with Crippen molar-refractivity contribution in [3.05, 3.63) is 35.9 Å². The Balaban J connectivity index is 2.77. The van der Waals surface area contributed by atoms with Crippen molar-refractivity contribution < 1.29 is 27.9 Å². The Morgan fingerprint density at radius 3 is 2.20 bits per heavy atom. The van der Waals surface area contributed by atoms with Crippen LogP contribution in [-0.2, 0) is 16.0 Å². The third kappa shape index (κ3) is 4.25. The van der Waals surface area contributed by atoms with Crippen LogP contribution in [0, 0.1) is 0 Å². The molecule has 0 radical (unpaired) electrons. The van der Waals surface area contributed by atoms with Crippen LogP contribution in [0.3, 0.4) is 0 Å². The van der Waals surface area contributed by atoms with Gasteiger partial charge in [0.1, 0.15) is 5.54 Å². The Morgan fingerprint density at radius 2 is 1.75 bits per heavy atom. The molecule has 1 unspecified atom stereocenters. The fraction of sp³-hybridized carbons (Fsp3) is 0.385. The van der Waals surface area contributed by atoms with Gasteiger partial charge in [0.2, 0.25) is 0 Å². The third-order valence-corrected chi connectivity index (χ3v) is 2.88. The molecule has 0 aliphatic rings. The standard InChI is InChI=1S/C13H14F3NO3/c1-12(11(19)20,17-10(18)13(14,15)16)8-7-9-5-3-2-4-6-9/h2-6H,7-8H2,1H3,(H,17,18)(H,19,20). The van der Waals surface area contributed by atoms with Crippen molar-refractivity contribution in [1.29, 1.82) is 0 Å². The van der Waals surface area contributed by atoms with E-state index in [1.165, 1.54) is 5.32 Å². The summed E-state index contributed by atoms with van der Waals surface area (Å²) in [5, 5.41) is 10.6. The zero-order chi connectivity index (χ0) is 15.4. The Kier molecular flexibility index (Phi) is 4.75. The minimum Gasteiger partial charge on any atom is -0.480 e. The normalized spacial score (nSPS) is 14.4. The SMILES string of the molecule is CC(CCc1ccccc1)(NC(=O)C(F)(F)F)C(=O)O. The highest BCUT2D eigenvalue weighted by molar-refractivity contribution is 5.89. The number of hydrogen-bond acceptors (Lipinski definition) is 2. The number of aliphatic carboxylic acids is 1. The maximum atomic E-state index is 12.2. The van der Waals surface area contributed by atoms with Gasteiger partial charge in [-0.3, -0.25) is 4.79 Å². The zero-order valence-corrected chi connectivity index (χ0v) is 10.7. The van der Waals surface area contributed by atoms with Crippen molar-refractivity contribution in [2.24, 2.45) is 0 Å². The van der Waals surface area contributed by atoms with Crippen molar-refractivity contribution in [3.8, 4) is 0 Å². The number of hydrogen-bond donors (Lipinski definition) is 2. The lowest BCUT2D eigenvalue weighted by Gasteiger charge is -2.26. The molecule has 20 heavy (non-hydrogen) atoms. The smallest absolute Gasteiger partial charge is 0.471 e. The number of nitrogens with one attached hydrogen (secondary N) is 1. The summed E-state index contributed by atoms with van der Waals surface area (Å²) < 4.78 is 36.6. The monoisotopic (exact) mass is 289 g/mol. The van der Waals surface area contributed by atoms with Gasteiger partial charge in [0.05, 0.1) is 0 Å². The predicted molar refractivity (Wildman–Crippen MR) is 65.0 cm³/mol. The summed E-state index contributed by atoms with van der Waals surface area (Å²) in [6.07, 6.45) is -5.01. The van der Waals surface area contributed by atoms with Crippen LogP contribution in [-0.4, -0.2) is 28.7 Å². The first-order valence-corrected chi connectivity index (χ1v) is 5.82. The van der Waals surface area contributed by atoms with Gasteiger partial charge in [0, 0.05) is 0 Å². The number of carbonyl (C=O) groups excluding carboxylic acids is 1. The van der Waals surface area contributed by atoms with Crippen LogP contribution in [0.25, 0.3) is 0 Å². The second-order valence-corrected chi connectivity index (χ2v) is 4.57. The molecule has 4 nitrogen and oxygen atoms in total. The molecule has 1 atom stereocenters. The highest BCUT2D eigenvalue weighted by Crippen LogP contribution is 2.20. The number of carboxylic acid groups (broad SMARTS) is 1. The van der Waals surface area contributed by atoms with Crippen molar-refractivity contribution in [2.45, 2.75) is 31.5 Å². The lowest BCUT2D eigenvalue weighted by molar-refractivity contribution is -0.177. The van der Waals surface area contributed by atoms with Crippen molar-refractivity contribution >= 4 is 11.9 Å². The molecule has 0 bridgehead atoms. The molecule has 0 fully saturated rings. The van der Waals surface area contributed by atoms with Crippen LogP contribution in [0.5, 0.6) is 0 Å². The zero-order valence-electron chi connectivity index (χ0n) is 10.7. The van der Waals surface area contributed by atoms with Gasteiger partial charge >= 0.3 is 18.1 Å². The Hall–Kier alpha value is -2.05. The number of halogens is 3. The molecular formula is C13H14F3NO3. The van der Waals surface area contributed by atoms with Gasteiger partial charge in [0.25, 0.3) is 0 Å². The van der Waals surface area contributed by atoms with Crippen molar-refractivity contribution in [1.82, 2.24) is 5.32 Å². The summed E-state index contributed by atoms with van der Waals surface area (Å²) in [6.45, 7) is 1.06. The van der Waals surface area contributed by atoms with E-state index in [2.05, 4.69) is 0 Å². The first-order valence-electron chi connectivity index (χ1n) is 5.82. The van der Waals surface area contributed by atoms with E-state index in [1.807, 2.05) is 0 Å². The van der Waals surface area contributed by atoms with E-state index in [0.717, 1.165) is 12.5 Å². The van der Waals surface area contributed by atoms with Gasteiger partial charge < -0.3 is 10.4 Å². The van der Waals surface area contributed by atoms with Gasteiger partial charge in [-0.1, -0.05) is 30.3 Å². The molecule has 2 N–H and O–H groups in total. The van der Waals surface area contributed by atoms with Crippen LogP contribution in [0.1, 0.15) is 18.9 Å². The minimum absolute atomic E-state index is 0.145. The Morgan fingerprint density at radius 1 is 1.20 bits per heavy atom. The molecule has 110 valence electrons. The van der Waals surface area contributed by atoms with Gasteiger partial charge in [-0.05, 0) is 25.3 Å². The van der Waals surface area contributed by atoms with E-state index < -0.39 is 23.6 Å². The number of benzene rings is 1. The molecule has 0 spiro atoms. The van der Waals surface area contributed by atoms with Crippen LogP contribution in [0.2, 0.25) is 0 Å². The molecule has 0 saturated heterocycles. The van der Waals surface area contributed by atoms with E-state index in [1.54, 1.807) is 30.3 Å². The van der Waals surface area contributed by atoms with Gasteiger partial charge in [-0.2, -0.15) is 13.2 Å². The Labute approximate surface area is 113 Å². The lowest BCUT2D eigenvalue weighted by Crippen LogP contribution is -2.56. The Bertz CT molecular complexity index is 487. The maximum absolute atomic E-state index is 12.2. The summed E-state index contributed by atoms with van der Waals surface area (Å²) in [6, 6.07) is 8.70. The lowest BCUT2D eigenvalue weighted by atomic mass is 9.93. The molecule has 1 aromatic rings. The number of aryl methyl sites for hydroxylation is 1. The fourth-order valence-corrected chi connectivity index (χ4v) is 1.58. The van der Waals surface area contributed by atoms with Crippen LogP contribution < -0.4 is 5.32 Å². The number of alkyl halides is 3. The summed E-state index contributed by atoms with van der Waals surface area (Å²) in [5.41, 5.74) is -1.19. The summed E-state index contributed by atoms with van der Waals surface area (Å²) in [4.78, 5) is 22.0. The van der Waals surface area contributed by atoms with Crippen molar-refractivity contribution in [2.75, 3.05) is 0 Å². The number of carbonyl (C=O) groups is 2. The highest BCUT2D eigenvalue weighted by Gasteiger charge is 2.45. The van der Waals surface area contributed by atoms with Gasteiger partial charge in [-0.15, -0.1) is 0 Å². The fourth-order valence-electron chi connectivity index (χ4n) is 1.58. The topological polar surface area (TPSA) is 66.4 Å². The summed E-state index contributed by atoms with van der Waals surface area (Å²) in [7, 11) is 0. The highest BCUT2D eigenvalue weighted by atomic mass is 19.4. The van der Waals surface area contributed by atoms with Gasteiger partial charge in [-0.25, -0.2) is 4.79 Å². The molecule has 7 heteroatoms. The number of rotatable bonds is 5. The molecule has 0 heterocycles. The summed E-state index contributed by atoms with van der Waals surface area (Å²) in [5.74, 6) is -3.76. The van der Waals surface area contributed by atoms with E-state index >= 15 is 0 Å². The molecule has 1 rings (SSSR count). The van der Waals surface area contributed by atoms with Crippen molar-refractivity contribution in [3.63, 3.8) is 0 Å². The summed E-state index contributed by atoms with van der Waals surface area (Å²) >= 11 is 0. The van der Waals surface area contributed by atoms with E-state index in [0.29, 0.717) is 0 Å².